The Morgan fingerprint density at radius 3 is 2.14 bits per heavy atom. The molecule has 1 aliphatic heterocycles. The van der Waals surface area contributed by atoms with Crippen molar-refractivity contribution in [1.29, 1.82) is 0 Å². The van der Waals surface area contributed by atoms with Gasteiger partial charge < -0.3 is 9.30 Å². The highest BCUT2D eigenvalue weighted by molar-refractivity contribution is 6.30. The minimum Gasteiger partial charge on any atom is -0.477 e. The van der Waals surface area contributed by atoms with Crippen LogP contribution in [0.15, 0.2) is 76.3 Å². The Labute approximate surface area is 212 Å². The summed E-state index contributed by atoms with van der Waals surface area (Å²) in [6, 6.07) is 21.6. The first-order valence-electron chi connectivity index (χ1n) is 11.7. The normalized spacial score (nSPS) is 14.4. The predicted octanol–water partition coefficient (Wildman–Crippen LogP) is 5.45. The second-order valence-electron chi connectivity index (χ2n) is 9.39. The fourth-order valence-corrected chi connectivity index (χ4v) is 5.25. The highest BCUT2D eigenvalue weighted by Gasteiger charge is 2.36. The second-order valence-corrected chi connectivity index (χ2v) is 9.82. The van der Waals surface area contributed by atoms with Gasteiger partial charge in [0.2, 0.25) is 0 Å². The molecule has 0 N–H and O–H groups in total. The van der Waals surface area contributed by atoms with E-state index in [2.05, 4.69) is 0 Å². The zero-order valence-corrected chi connectivity index (χ0v) is 21.1. The average molecular weight is 498 g/mol. The van der Waals surface area contributed by atoms with Crippen molar-refractivity contribution in [2.45, 2.75) is 20.0 Å². The largest absolute Gasteiger partial charge is 0.477 e. The van der Waals surface area contributed by atoms with E-state index in [1.54, 1.807) is 17.7 Å². The van der Waals surface area contributed by atoms with Crippen molar-refractivity contribution < 1.29 is 4.74 Å². The molecular formula is C29H24ClN3O3. The van der Waals surface area contributed by atoms with Crippen LogP contribution in [0.25, 0.3) is 27.8 Å². The molecule has 6 rings (SSSR count). The molecule has 1 atom stereocenters. The number of benzene rings is 3. The number of fused-ring (bicyclic) bond motifs is 5. The first kappa shape index (κ1) is 22.4. The molecule has 0 aliphatic carbocycles. The summed E-state index contributed by atoms with van der Waals surface area (Å²) in [7, 11) is 3.21. The fourth-order valence-electron chi connectivity index (χ4n) is 5.09. The molecule has 0 saturated heterocycles. The predicted molar refractivity (Wildman–Crippen MR) is 143 cm³/mol. The van der Waals surface area contributed by atoms with Crippen LogP contribution in [0.2, 0.25) is 5.02 Å². The first-order chi connectivity index (χ1) is 17.3. The van der Waals surface area contributed by atoms with Gasteiger partial charge in [-0.3, -0.25) is 13.9 Å². The number of hydrogen-bond donors (Lipinski definition) is 0. The minimum absolute atomic E-state index is 0.350. The third-order valence-electron chi connectivity index (χ3n) is 6.97. The molecule has 1 aliphatic rings. The van der Waals surface area contributed by atoms with Gasteiger partial charge in [-0.1, -0.05) is 71.3 Å². The first-order valence-corrected chi connectivity index (χ1v) is 12.1. The Morgan fingerprint density at radius 1 is 0.833 bits per heavy atom. The van der Waals surface area contributed by atoms with E-state index in [0.29, 0.717) is 27.4 Å². The van der Waals surface area contributed by atoms with Crippen LogP contribution in [0, 0.1) is 13.8 Å². The maximum atomic E-state index is 13.7. The molecule has 180 valence electrons. The maximum Gasteiger partial charge on any atom is 0.331 e. The standard InChI is InChI=1S/C29H24ClN3O3/c1-16-5-9-18(10-6-16)24-23-25(31(3)29(35)32(4)28(23)34)26-27(19-11-7-17(2)8-12-19)36-22-14-13-20(30)15-21(22)33(24)26/h5-15,27H,1-4H3/t27-/m1/s1. The third-order valence-corrected chi connectivity index (χ3v) is 7.20. The van der Waals surface area contributed by atoms with Gasteiger partial charge >= 0.3 is 5.69 Å². The van der Waals surface area contributed by atoms with E-state index in [4.69, 9.17) is 16.3 Å². The van der Waals surface area contributed by atoms with E-state index in [-0.39, 0.29) is 5.56 Å². The van der Waals surface area contributed by atoms with Crippen LogP contribution >= 0.6 is 11.6 Å². The average Bonchev–Trinajstić information content (AvgIpc) is 3.23. The molecule has 6 nitrogen and oxygen atoms in total. The number of nitrogens with zero attached hydrogens (tertiary/aromatic N) is 3. The van der Waals surface area contributed by atoms with E-state index in [0.717, 1.165) is 38.2 Å². The summed E-state index contributed by atoms with van der Waals surface area (Å²) in [5, 5.41) is 1.01. The number of halogens is 1. The van der Waals surface area contributed by atoms with Crippen molar-refractivity contribution in [2.75, 3.05) is 0 Å². The van der Waals surface area contributed by atoms with Crippen molar-refractivity contribution >= 4 is 22.5 Å². The van der Waals surface area contributed by atoms with Crippen LogP contribution in [-0.2, 0) is 14.1 Å². The van der Waals surface area contributed by atoms with Crippen LogP contribution in [0.4, 0.5) is 0 Å². The van der Waals surface area contributed by atoms with Gasteiger partial charge in [0.25, 0.3) is 5.56 Å². The third kappa shape index (κ3) is 3.18. The fraction of sp³-hybridized carbons (Fsp3) is 0.172. The molecule has 2 aromatic heterocycles. The molecule has 0 spiro atoms. The molecule has 0 amide bonds. The summed E-state index contributed by atoms with van der Waals surface area (Å²) < 4.78 is 11.3. The Balaban J connectivity index is 1.86. The molecule has 0 bridgehead atoms. The minimum atomic E-state index is -0.543. The lowest BCUT2D eigenvalue weighted by molar-refractivity contribution is 0.229. The zero-order valence-electron chi connectivity index (χ0n) is 20.4. The van der Waals surface area contributed by atoms with Crippen LogP contribution in [0.1, 0.15) is 28.5 Å². The molecule has 0 fully saturated rings. The Hall–Kier alpha value is -4.03. The Kier molecular flexibility index (Phi) is 4.99. The van der Waals surface area contributed by atoms with E-state index in [1.165, 1.54) is 7.05 Å². The van der Waals surface area contributed by atoms with E-state index >= 15 is 0 Å². The molecule has 5 aromatic rings. The summed E-state index contributed by atoms with van der Waals surface area (Å²) in [6.45, 7) is 4.05. The summed E-state index contributed by atoms with van der Waals surface area (Å²) in [4.78, 5) is 26.8. The van der Waals surface area contributed by atoms with Gasteiger partial charge in [-0.15, -0.1) is 0 Å². The zero-order chi connectivity index (χ0) is 25.3. The number of aryl methyl sites for hydroxylation is 3. The van der Waals surface area contributed by atoms with Crippen molar-refractivity contribution in [3.8, 4) is 22.7 Å². The SMILES string of the molecule is Cc1ccc(-c2c3c(=O)n(C)c(=O)n(C)c3c3n2-c2cc(Cl)ccc2O[C@@H]3c2ccc(C)cc2)cc1. The van der Waals surface area contributed by atoms with Crippen molar-refractivity contribution in [3.05, 3.63) is 115 Å². The van der Waals surface area contributed by atoms with E-state index in [1.807, 2.05) is 79.1 Å². The lowest BCUT2D eigenvalue weighted by Gasteiger charge is -2.30. The highest BCUT2D eigenvalue weighted by Crippen LogP contribution is 2.47. The lowest BCUT2D eigenvalue weighted by Crippen LogP contribution is -2.37. The smallest absolute Gasteiger partial charge is 0.331 e. The van der Waals surface area contributed by atoms with Crippen LogP contribution in [-0.4, -0.2) is 13.7 Å². The van der Waals surface area contributed by atoms with Crippen molar-refractivity contribution in [2.24, 2.45) is 14.1 Å². The molecule has 0 unspecified atom stereocenters. The molecular weight excluding hydrogens is 474 g/mol. The summed E-state index contributed by atoms with van der Waals surface area (Å²) >= 11 is 6.45. The van der Waals surface area contributed by atoms with Crippen LogP contribution in [0.3, 0.4) is 0 Å². The van der Waals surface area contributed by atoms with Gasteiger partial charge in [0.1, 0.15) is 5.75 Å². The Morgan fingerprint density at radius 2 is 1.47 bits per heavy atom. The lowest BCUT2D eigenvalue weighted by atomic mass is 10.0. The Bertz CT molecular complexity index is 1790. The molecule has 3 heterocycles. The van der Waals surface area contributed by atoms with Gasteiger partial charge in [-0.25, -0.2) is 4.79 Å². The molecule has 0 radical (unpaired) electrons. The van der Waals surface area contributed by atoms with Crippen molar-refractivity contribution in [3.63, 3.8) is 0 Å². The van der Waals surface area contributed by atoms with Gasteiger partial charge in [0.05, 0.1) is 28.0 Å². The van der Waals surface area contributed by atoms with Gasteiger partial charge in [0.15, 0.2) is 6.10 Å². The molecule has 3 aromatic carbocycles. The van der Waals surface area contributed by atoms with Gasteiger partial charge in [-0.2, -0.15) is 0 Å². The van der Waals surface area contributed by atoms with Crippen LogP contribution < -0.4 is 16.0 Å². The molecule has 0 saturated carbocycles. The van der Waals surface area contributed by atoms with E-state index < -0.39 is 11.8 Å². The quantitative estimate of drug-likeness (QED) is 0.326. The number of ether oxygens (including phenoxy) is 1. The topological polar surface area (TPSA) is 58.2 Å². The van der Waals surface area contributed by atoms with Crippen LogP contribution in [0.5, 0.6) is 5.75 Å². The summed E-state index contributed by atoms with van der Waals surface area (Å²) in [6.07, 6.45) is -0.543. The second kappa shape index (κ2) is 8.00. The number of hydrogen-bond acceptors (Lipinski definition) is 3. The van der Waals surface area contributed by atoms with E-state index in [9.17, 15) is 9.59 Å². The highest BCUT2D eigenvalue weighted by atomic mass is 35.5. The summed E-state index contributed by atoms with van der Waals surface area (Å²) in [5.74, 6) is 0.646. The number of rotatable bonds is 2. The van der Waals surface area contributed by atoms with Gasteiger partial charge in [-0.05, 0) is 43.2 Å². The number of aromatic nitrogens is 3. The van der Waals surface area contributed by atoms with Crippen molar-refractivity contribution in [1.82, 2.24) is 13.7 Å². The molecule has 36 heavy (non-hydrogen) atoms. The monoisotopic (exact) mass is 497 g/mol. The maximum absolute atomic E-state index is 13.7. The summed E-state index contributed by atoms with van der Waals surface area (Å²) in [5.41, 5.74) is 5.98. The van der Waals surface area contributed by atoms with Gasteiger partial charge in [0, 0.05) is 19.1 Å². The molecule has 7 heteroatoms.